The van der Waals surface area contributed by atoms with Crippen LogP contribution < -0.4 is 0 Å². The molecule has 0 fully saturated rings. The van der Waals surface area contributed by atoms with Crippen molar-refractivity contribution >= 4 is 22.5 Å². The van der Waals surface area contributed by atoms with Gasteiger partial charge in [-0.15, -0.1) is 0 Å². The number of hydrogen-bond donors (Lipinski definition) is 0. The van der Waals surface area contributed by atoms with E-state index in [1.165, 1.54) is 19.1 Å². The van der Waals surface area contributed by atoms with Gasteiger partial charge in [-0.3, -0.25) is 4.68 Å². The summed E-state index contributed by atoms with van der Waals surface area (Å²) in [6.07, 6.45) is 1.80. The molecule has 3 aromatic rings. The summed E-state index contributed by atoms with van der Waals surface area (Å²) in [7, 11) is 1.79. The smallest absolute Gasteiger partial charge is 0.129 e. The topological polar surface area (TPSA) is 17.8 Å². The molecule has 0 unspecified atom stereocenters. The molecule has 1 heterocycles. The van der Waals surface area contributed by atoms with Crippen molar-refractivity contribution in [2.45, 2.75) is 6.92 Å². The molecule has 5 heteroatoms. The third kappa shape index (κ3) is 2.06. The predicted octanol–water partition coefficient (Wildman–Crippen LogP) is 4.48. The fraction of sp³-hybridized carbons (Fsp3) is 0.133. The summed E-state index contributed by atoms with van der Waals surface area (Å²) in [6.45, 7) is 1.41. The van der Waals surface area contributed by atoms with Crippen molar-refractivity contribution in [3.05, 3.63) is 52.7 Å². The Balaban J connectivity index is 2.34. The monoisotopic (exact) mass is 292 g/mol. The van der Waals surface area contributed by atoms with Gasteiger partial charge in [-0.05, 0) is 42.3 Å². The van der Waals surface area contributed by atoms with Gasteiger partial charge in [-0.1, -0.05) is 11.6 Å². The van der Waals surface area contributed by atoms with E-state index in [0.717, 1.165) is 5.39 Å². The molecule has 2 aromatic carbocycles. The second-order valence-corrected chi connectivity index (χ2v) is 5.19. The van der Waals surface area contributed by atoms with Gasteiger partial charge < -0.3 is 0 Å². The number of benzene rings is 2. The molecule has 0 spiro atoms. The molecular formula is C15H11ClF2N2. The summed E-state index contributed by atoms with van der Waals surface area (Å²) in [4.78, 5) is 0. The summed E-state index contributed by atoms with van der Waals surface area (Å²) in [5, 5.41) is 5.55. The zero-order valence-corrected chi connectivity index (χ0v) is 11.7. The van der Waals surface area contributed by atoms with Gasteiger partial charge in [-0.25, -0.2) is 8.78 Å². The van der Waals surface area contributed by atoms with E-state index in [9.17, 15) is 8.78 Å². The van der Waals surface area contributed by atoms with E-state index in [-0.39, 0.29) is 5.56 Å². The fourth-order valence-electron chi connectivity index (χ4n) is 2.25. The minimum Gasteiger partial charge on any atom is -0.275 e. The highest BCUT2D eigenvalue weighted by Gasteiger charge is 2.13. The highest BCUT2D eigenvalue weighted by atomic mass is 35.5. The van der Waals surface area contributed by atoms with E-state index < -0.39 is 11.6 Å². The van der Waals surface area contributed by atoms with Crippen LogP contribution in [-0.4, -0.2) is 9.78 Å². The van der Waals surface area contributed by atoms with Gasteiger partial charge in [0.05, 0.1) is 5.52 Å². The Morgan fingerprint density at radius 1 is 1.10 bits per heavy atom. The molecule has 0 aliphatic rings. The molecule has 0 saturated heterocycles. The third-order valence-electron chi connectivity index (χ3n) is 3.30. The highest BCUT2D eigenvalue weighted by Crippen LogP contribution is 2.33. The van der Waals surface area contributed by atoms with Crippen molar-refractivity contribution < 1.29 is 8.78 Å². The minimum atomic E-state index is -0.572. The van der Waals surface area contributed by atoms with Crippen molar-refractivity contribution in [1.29, 1.82) is 0 Å². The van der Waals surface area contributed by atoms with Gasteiger partial charge in [0.25, 0.3) is 0 Å². The lowest BCUT2D eigenvalue weighted by Gasteiger charge is -2.07. The van der Waals surface area contributed by atoms with E-state index in [1.54, 1.807) is 30.1 Å². The number of hydrogen-bond acceptors (Lipinski definition) is 1. The predicted molar refractivity (Wildman–Crippen MR) is 75.8 cm³/mol. The van der Waals surface area contributed by atoms with Gasteiger partial charge in [-0.2, -0.15) is 5.10 Å². The molecule has 20 heavy (non-hydrogen) atoms. The van der Waals surface area contributed by atoms with Crippen molar-refractivity contribution in [1.82, 2.24) is 9.78 Å². The quantitative estimate of drug-likeness (QED) is 0.646. The van der Waals surface area contributed by atoms with Crippen LogP contribution in [0.25, 0.3) is 22.0 Å². The molecule has 0 bridgehead atoms. The average molecular weight is 293 g/mol. The van der Waals surface area contributed by atoms with Crippen LogP contribution in [0.2, 0.25) is 5.02 Å². The van der Waals surface area contributed by atoms with Crippen LogP contribution >= 0.6 is 11.6 Å². The van der Waals surface area contributed by atoms with Crippen LogP contribution in [0.15, 0.2) is 30.5 Å². The average Bonchev–Trinajstić information content (AvgIpc) is 2.74. The minimum absolute atomic E-state index is 0.0122. The molecule has 0 saturated carbocycles. The Kier molecular flexibility index (Phi) is 2.98. The number of fused-ring (bicyclic) bond motifs is 1. The Morgan fingerprint density at radius 2 is 1.75 bits per heavy atom. The first-order chi connectivity index (χ1) is 9.45. The van der Waals surface area contributed by atoms with Crippen LogP contribution in [0.1, 0.15) is 5.56 Å². The van der Waals surface area contributed by atoms with Gasteiger partial charge >= 0.3 is 0 Å². The van der Waals surface area contributed by atoms with Crippen LogP contribution in [0, 0.1) is 18.6 Å². The largest absolute Gasteiger partial charge is 0.275 e. The van der Waals surface area contributed by atoms with Crippen molar-refractivity contribution in [3.63, 3.8) is 0 Å². The zero-order chi connectivity index (χ0) is 14.4. The summed E-state index contributed by atoms with van der Waals surface area (Å²) >= 11 is 6.06. The van der Waals surface area contributed by atoms with Crippen LogP contribution in [0.4, 0.5) is 8.78 Å². The van der Waals surface area contributed by atoms with Crippen molar-refractivity contribution in [2.75, 3.05) is 0 Å². The molecule has 2 nitrogen and oxygen atoms in total. The van der Waals surface area contributed by atoms with Crippen LogP contribution in [0.5, 0.6) is 0 Å². The molecule has 0 atom stereocenters. The summed E-state index contributed by atoms with van der Waals surface area (Å²) < 4.78 is 29.1. The molecule has 3 rings (SSSR count). The summed E-state index contributed by atoms with van der Waals surface area (Å²) in [5.74, 6) is -1.14. The van der Waals surface area contributed by atoms with Crippen molar-refractivity contribution in [3.8, 4) is 11.1 Å². The van der Waals surface area contributed by atoms with Gasteiger partial charge in [0.2, 0.25) is 0 Å². The maximum Gasteiger partial charge on any atom is 0.129 e. The Morgan fingerprint density at radius 3 is 2.40 bits per heavy atom. The van der Waals surface area contributed by atoms with E-state index in [1.807, 2.05) is 0 Å². The Hall–Kier alpha value is -1.94. The van der Waals surface area contributed by atoms with E-state index in [4.69, 9.17) is 11.6 Å². The second kappa shape index (κ2) is 4.56. The lowest BCUT2D eigenvalue weighted by atomic mass is 10.0. The molecule has 1 aromatic heterocycles. The van der Waals surface area contributed by atoms with Gasteiger partial charge in [0.15, 0.2) is 0 Å². The van der Waals surface area contributed by atoms with Crippen molar-refractivity contribution in [2.24, 2.45) is 7.05 Å². The SMILES string of the molecule is Cc1c(F)cc(-c2cc(Cl)cc3nn(C)cc23)cc1F. The number of rotatable bonds is 1. The molecular weight excluding hydrogens is 282 g/mol. The number of aromatic nitrogens is 2. The fourth-order valence-corrected chi connectivity index (χ4v) is 2.46. The van der Waals surface area contributed by atoms with Gasteiger partial charge in [0.1, 0.15) is 11.6 Å². The molecule has 0 aliphatic heterocycles. The summed E-state index contributed by atoms with van der Waals surface area (Å²) in [5.41, 5.74) is 1.82. The van der Waals surface area contributed by atoms with Gasteiger partial charge in [0, 0.05) is 29.2 Å². The molecule has 0 amide bonds. The first kappa shape index (κ1) is 13.1. The van der Waals surface area contributed by atoms with E-state index >= 15 is 0 Å². The third-order valence-corrected chi connectivity index (χ3v) is 3.51. The Labute approximate surface area is 119 Å². The molecule has 0 N–H and O–H groups in total. The van der Waals surface area contributed by atoms with E-state index in [2.05, 4.69) is 5.10 Å². The molecule has 102 valence electrons. The first-order valence-corrected chi connectivity index (χ1v) is 6.42. The Bertz CT molecular complexity index is 801. The number of nitrogens with zero attached hydrogens (tertiary/aromatic N) is 2. The van der Waals surface area contributed by atoms with Crippen LogP contribution in [-0.2, 0) is 7.05 Å². The number of halogens is 3. The number of aryl methyl sites for hydroxylation is 1. The van der Waals surface area contributed by atoms with Crippen LogP contribution in [0.3, 0.4) is 0 Å². The normalized spacial score (nSPS) is 11.2. The first-order valence-electron chi connectivity index (χ1n) is 6.04. The molecule has 0 aliphatic carbocycles. The molecule has 0 radical (unpaired) electrons. The highest BCUT2D eigenvalue weighted by molar-refractivity contribution is 6.31. The maximum atomic E-state index is 13.7. The lowest BCUT2D eigenvalue weighted by molar-refractivity contribution is 0.569. The zero-order valence-electron chi connectivity index (χ0n) is 10.9. The maximum absolute atomic E-state index is 13.7. The standard InChI is InChI=1S/C15H11ClF2N2/c1-8-13(17)3-9(4-14(8)18)11-5-10(16)6-15-12(11)7-20(2)19-15/h3-7H,1-2H3. The summed E-state index contributed by atoms with van der Waals surface area (Å²) in [6, 6.07) is 6.05. The lowest BCUT2D eigenvalue weighted by Crippen LogP contribution is -1.91. The van der Waals surface area contributed by atoms with E-state index in [0.29, 0.717) is 21.7 Å². The second-order valence-electron chi connectivity index (χ2n) is 4.75.